The van der Waals surface area contributed by atoms with Gasteiger partial charge in [-0.25, -0.2) is 4.21 Å². The summed E-state index contributed by atoms with van der Waals surface area (Å²) < 4.78 is 20.4. The second kappa shape index (κ2) is 3.50. The van der Waals surface area contributed by atoms with Gasteiger partial charge in [-0.05, 0) is 20.8 Å². The van der Waals surface area contributed by atoms with E-state index in [0.29, 0.717) is 13.2 Å². The van der Waals surface area contributed by atoms with E-state index in [9.17, 15) is 4.21 Å². The molecule has 0 saturated carbocycles. The van der Waals surface area contributed by atoms with Crippen molar-refractivity contribution in [1.29, 1.82) is 0 Å². The van der Waals surface area contributed by atoms with Crippen LogP contribution in [0.4, 0.5) is 0 Å². The van der Waals surface area contributed by atoms with E-state index in [2.05, 4.69) is 11.3 Å². The number of hydrogen-bond acceptors (Lipinski definition) is 2. The fraction of sp³-hybridized carbons (Fsp3) is 0.889. The van der Waals surface area contributed by atoms with Crippen molar-refractivity contribution in [2.75, 3.05) is 13.2 Å². The van der Waals surface area contributed by atoms with Crippen LogP contribution in [0.1, 0.15) is 27.7 Å². The summed E-state index contributed by atoms with van der Waals surface area (Å²) in [4.78, 5) is 0. The van der Waals surface area contributed by atoms with Gasteiger partial charge in [-0.15, -0.1) is 0 Å². The maximum atomic E-state index is 11.5. The second-order valence-corrected chi connectivity index (χ2v) is 6.68. The maximum Gasteiger partial charge on any atom is 0.144 e. The smallest absolute Gasteiger partial charge is 0.144 e. The van der Waals surface area contributed by atoms with E-state index in [1.54, 1.807) is 6.21 Å². The molecule has 1 atom stereocenters. The van der Waals surface area contributed by atoms with Crippen LogP contribution in [0.15, 0.2) is 4.40 Å². The third kappa shape index (κ3) is 2.88. The van der Waals surface area contributed by atoms with E-state index in [0.717, 1.165) is 0 Å². The van der Waals surface area contributed by atoms with Crippen LogP contribution in [0.2, 0.25) is 0 Å². The first-order valence-electron chi connectivity index (χ1n) is 4.38. The average molecular weight is 203 g/mol. The quantitative estimate of drug-likeness (QED) is 0.639. The van der Waals surface area contributed by atoms with Crippen molar-refractivity contribution >= 4 is 17.2 Å². The molecule has 0 spiro atoms. The first kappa shape index (κ1) is 10.9. The van der Waals surface area contributed by atoms with Gasteiger partial charge in [0.2, 0.25) is 0 Å². The van der Waals surface area contributed by atoms with Gasteiger partial charge in [-0.1, -0.05) is 6.92 Å². The van der Waals surface area contributed by atoms with Gasteiger partial charge in [0.15, 0.2) is 0 Å². The number of ether oxygens (including phenoxy) is 1. The first-order valence-corrected chi connectivity index (χ1v) is 5.49. The molecule has 1 saturated heterocycles. The molecule has 3 nitrogen and oxygen atoms in total. The number of rotatable bonds is 2. The topological polar surface area (TPSA) is 38.7 Å². The summed E-state index contributed by atoms with van der Waals surface area (Å²) in [5.74, 6) is 0. The Labute approximate surface area is 82.2 Å². The van der Waals surface area contributed by atoms with Gasteiger partial charge in [0, 0.05) is 6.21 Å². The zero-order valence-electron chi connectivity index (χ0n) is 8.66. The fourth-order valence-electron chi connectivity index (χ4n) is 0.832. The molecule has 1 aliphatic rings. The third-order valence-corrected chi connectivity index (χ3v) is 3.19. The predicted octanol–water partition coefficient (Wildman–Crippen LogP) is 1.56. The largest absolute Gasteiger partial charge is 0.379 e. The van der Waals surface area contributed by atoms with Crippen molar-refractivity contribution in [2.45, 2.75) is 32.4 Å². The third-order valence-electron chi connectivity index (χ3n) is 1.85. The van der Waals surface area contributed by atoms with Crippen LogP contribution in [0, 0.1) is 5.41 Å². The zero-order valence-corrected chi connectivity index (χ0v) is 9.48. The fourth-order valence-corrected chi connectivity index (χ4v) is 1.50. The molecule has 0 N–H and O–H groups in total. The molecule has 4 heteroatoms. The van der Waals surface area contributed by atoms with E-state index in [4.69, 9.17) is 4.74 Å². The molecule has 0 aliphatic carbocycles. The van der Waals surface area contributed by atoms with Crippen molar-refractivity contribution in [2.24, 2.45) is 9.81 Å². The molecule has 0 amide bonds. The highest BCUT2D eigenvalue weighted by Crippen LogP contribution is 2.24. The Morgan fingerprint density at radius 3 is 2.31 bits per heavy atom. The highest BCUT2D eigenvalue weighted by Gasteiger charge is 2.32. The second-order valence-electron chi connectivity index (χ2n) is 4.74. The normalized spacial score (nSPS) is 24.3. The minimum absolute atomic E-state index is 0.0148. The monoisotopic (exact) mass is 203 g/mol. The minimum atomic E-state index is -1.14. The molecular formula is C9H17NO2S. The summed E-state index contributed by atoms with van der Waals surface area (Å²) in [5, 5.41) is 0. The number of hydrogen-bond donors (Lipinski definition) is 0. The van der Waals surface area contributed by atoms with Crippen molar-refractivity contribution in [3.8, 4) is 0 Å². The lowest BCUT2D eigenvalue weighted by Crippen LogP contribution is -2.41. The molecular weight excluding hydrogens is 186 g/mol. The molecule has 0 bridgehead atoms. The average Bonchev–Trinajstić information content (AvgIpc) is 1.94. The summed E-state index contributed by atoms with van der Waals surface area (Å²) in [6.45, 7) is 9.19. The first-order chi connectivity index (χ1) is 5.83. The molecule has 1 unspecified atom stereocenters. The van der Waals surface area contributed by atoms with Gasteiger partial charge in [0.25, 0.3) is 0 Å². The van der Waals surface area contributed by atoms with Gasteiger partial charge in [-0.3, -0.25) is 0 Å². The highest BCUT2D eigenvalue weighted by molar-refractivity contribution is 7.85. The number of nitrogens with zero attached hydrogens (tertiary/aromatic N) is 1. The minimum Gasteiger partial charge on any atom is -0.379 e. The lowest BCUT2D eigenvalue weighted by atomic mass is 9.91. The Bertz CT molecular complexity index is 238. The SMILES string of the molecule is CC1(/C=N/S(=O)C(C)(C)C)COC1. The standard InChI is InChI=1S/C9H17NO2S/c1-8(2,3)13(11)10-5-9(4)6-12-7-9/h5H,6-7H2,1-4H3/b10-5+. The Kier molecular flexibility index (Phi) is 2.92. The van der Waals surface area contributed by atoms with Crippen molar-refractivity contribution in [3.63, 3.8) is 0 Å². The van der Waals surface area contributed by atoms with Crippen LogP contribution < -0.4 is 0 Å². The van der Waals surface area contributed by atoms with E-state index >= 15 is 0 Å². The van der Waals surface area contributed by atoms with Crippen LogP contribution in [-0.4, -0.2) is 28.4 Å². The van der Waals surface area contributed by atoms with Crippen molar-refractivity contribution in [3.05, 3.63) is 0 Å². The van der Waals surface area contributed by atoms with Gasteiger partial charge >= 0.3 is 0 Å². The molecule has 13 heavy (non-hydrogen) atoms. The maximum absolute atomic E-state index is 11.5. The molecule has 0 aromatic carbocycles. The molecule has 1 heterocycles. The summed E-state index contributed by atoms with van der Waals surface area (Å²) >= 11 is 0. The van der Waals surface area contributed by atoms with Gasteiger partial charge in [-0.2, -0.15) is 4.40 Å². The summed E-state index contributed by atoms with van der Waals surface area (Å²) in [5.41, 5.74) is 0.0148. The van der Waals surface area contributed by atoms with Crippen LogP contribution in [0.3, 0.4) is 0 Å². The Morgan fingerprint density at radius 2 is 2.00 bits per heavy atom. The molecule has 0 radical (unpaired) electrons. The molecule has 1 rings (SSSR count). The van der Waals surface area contributed by atoms with Gasteiger partial charge < -0.3 is 4.74 Å². The van der Waals surface area contributed by atoms with Crippen LogP contribution >= 0.6 is 0 Å². The molecule has 0 aromatic rings. The summed E-state index contributed by atoms with van der Waals surface area (Å²) in [6.07, 6.45) is 1.78. The van der Waals surface area contributed by atoms with Crippen LogP contribution in [0.25, 0.3) is 0 Å². The molecule has 0 aromatic heterocycles. The van der Waals surface area contributed by atoms with Crippen LogP contribution in [-0.2, 0) is 15.7 Å². The van der Waals surface area contributed by atoms with Crippen LogP contribution in [0.5, 0.6) is 0 Å². The Morgan fingerprint density at radius 1 is 1.46 bits per heavy atom. The molecule has 1 fully saturated rings. The summed E-state index contributed by atoms with van der Waals surface area (Å²) in [7, 11) is -1.14. The molecule has 1 aliphatic heterocycles. The Balaban J connectivity index is 2.53. The molecule has 76 valence electrons. The Hall–Kier alpha value is -0.220. The van der Waals surface area contributed by atoms with Gasteiger partial charge in [0.1, 0.15) is 11.0 Å². The summed E-state index contributed by atoms with van der Waals surface area (Å²) in [6, 6.07) is 0. The zero-order chi connectivity index (χ0) is 10.1. The van der Waals surface area contributed by atoms with E-state index < -0.39 is 11.0 Å². The lowest BCUT2D eigenvalue weighted by Gasteiger charge is -2.34. The van der Waals surface area contributed by atoms with Gasteiger partial charge in [0.05, 0.1) is 23.4 Å². The van der Waals surface area contributed by atoms with Crippen molar-refractivity contribution in [1.82, 2.24) is 0 Å². The van der Waals surface area contributed by atoms with Crippen molar-refractivity contribution < 1.29 is 8.95 Å². The van der Waals surface area contributed by atoms with E-state index in [-0.39, 0.29) is 10.2 Å². The highest BCUT2D eigenvalue weighted by atomic mass is 32.2. The van der Waals surface area contributed by atoms with E-state index in [1.165, 1.54) is 0 Å². The lowest BCUT2D eigenvalue weighted by molar-refractivity contribution is -0.0553. The predicted molar refractivity (Wildman–Crippen MR) is 55.3 cm³/mol. The van der Waals surface area contributed by atoms with E-state index in [1.807, 2.05) is 20.8 Å².